The monoisotopic (exact) mass is 370 g/mol. The standard InChI is InChI=1S/C11H10BrF3N2O2S/c12-6-1-2-8(7(3-6)10(16)20)19-4-9(18)17-5-11(13,14)15/h1-3H,4-5H2,(H2,16,20)(H,17,18). The molecule has 1 rings (SSSR count). The molecular weight excluding hydrogens is 361 g/mol. The maximum atomic E-state index is 11.9. The van der Waals surface area contributed by atoms with Gasteiger partial charge in [-0.25, -0.2) is 0 Å². The first-order valence-electron chi connectivity index (χ1n) is 5.24. The summed E-state index contributed by atoms with van der Waals surface area (Å²) in [5.41, 5.74) is 5.87. The molecule has 0 aromatic heterocycles. The highest BCUT2D eigenvalue weighted by Gasteiger charge is 2.27. The molecule has 1 aromatic rings. The second-order valence-corrected chi connectivity index (χ2v) is 5.04. The lowest BCUT2D eigenvalue weighted by Crippen LogP contribution is -2.36. The summed E-state index contributed by atoms with van der Waals surface area (Å²) < 4.78 is 41.5. The van der Waals surface area contributed by atoms with Crippen LogP contribution in [0.25, 0.3) is 0 Å². The fourth-order valence-electron chi connectivity index (χ4n) is 1.21. The van der Waals surface area contributed by atoms with Crippen LogP contribution in [0.15, 0.2) is 22.7 Å². The minimum absolute atomic E-state index is 0.0528. The molecule has 3 N–H and O–H groups in total. The molecule has 0 heterocycles. The van der Waals surface area contributed by atoms with Crippen molar-refractivity contribution in [3.8, 4) is 5.75 Å². The highest BCUT2D eigenvalue weighted by Crippen LogP contribution is 2.23. The summed E-state index contributed by atoms with van der Waals surface area (Å²) in [7, 11) is 0. The van der Waals surface area contributed by atoms with Gasteiger partial charge in [-0.2, -0.15) is 13.2 Å². The Morgan fingerprint density at radius 2 is 2.10 bits per heavy atom. The van der Waals surface area contributed by atoms with Crippen molar-refractivity contribution in [2.75, 3.05) is 13.2 Å². The van der Waals surface area contributed by atoms with E-state index in [1.54, 1.807) is 17.4 Å². The summed E-state index contributed by atoms with van der Waals surface area (Å²) >= 11 is 8.03. The number of rotatable bonds is 5. The second-order valence-electron chi connectivity index (χ2n) is 3.69. The first-order chi connectivity index (χ1) is 9.19. The number of nitrogens with two attached hydrogens (primary N) is 1. The molecule has 0 atom stereocenters. The van der Waals surface area contributed by atoms with Crippen molar-refractivity contribution in [2.24, 2.45) is 5.73 Å². The zero-order valence-electron chi connectivity index (χ0n) is 9.96. The number of alkyl halides is 3. The minimum atomic E-state index is -4.46. The fraction of sp³-hybridized carbons (Fsp3) is 0.273. The predicted molar refractivity (Wildman–Crippen MR) is 74.6 cm³/mol. The van der Waals surface area contributed by atoms with E-state index in [2.05, 4.69) is 15.9 Å². The Bertz CT molecular complexity index is 523. The van der Waals surface area contributed by atoms with Gasteiger partial charge < -0.3 is 15.8 Å². The summed E-state index contributed by atoms with van der Waals surface area (Å²) in [5.74, 6) is -0.665. The number of thiocarbonyl (C=S) groups is 1. The first kappa shape index (κ1) is 16.7. The van der Waals surface area contributed by atoms with Crippen LogP contribution in [0.1, 0.15) is 5.56 Å². The highest BCUT2D eigenvalue weighted by atomic mass is 79.9. The summed E-state index contributed by atoms with van der Waals surface area (Å²) in [5, 5.41) is 1.69. The molecule has 4 nitrogen and oxygen atoms in total. The van der Waals surface area contributed by atoms with Crippen LogP contribution < -0.4 is 15.8 Å². The van der Waals surface area contributed by atoms with Crippen LogP contribution in [0.5, 0.6) is 5.75 Å². The van der Waals surface area contributed by atoms with Gasteiger partial charge in [0.05, 0.1) is 5.56 Å². The number of amides is 1. The third kappa shape index (κ3) is 5.74. The zero-order chi connectivity index (χ0) is 15.3. The first-order valence-corrected chi connectivity index (χ1v) is 6.45. The van der Waals surface area contributed by atoms with E-state index in [0.29, 0.717) is 10.0 Å². The SMILES string of the molecule is NC(=S)c1cc(Br)ccc1OCC(=O)NCC(F)(F)F. The van der Waals surface area contributed by atoms with E-state index in [1.807, 2.05) is 0 Å². The van der Waals surface area contributed by atoms with E-state index in [-0.39, 0.29) is 10.7 Å². The molecular formula is C11H10BrF3N2O2S. The summed E-state index contributed by atoms with van der Waals surface area (Å²) in [4.78, 5) is 11.3. The van der Waals surface area contributed by atoms with Crippen molar-refractivity contribution in [1.29, 1.82) is 0 Å². The maximum absolute atomic E-state index is 11.9. The molecule has 20 heavy (non-hydrogen) atoms. The average molecular weight is 371 g/mol. The number of carbonyl (C=O) groups excluding carboxylic acids is 1. The van der Waals surface area contributed by atoms with Gasteiger partial charge in [0.25, 0.3) is 5.91 Å². The van der Waals surface area contributed by atoms with Crippen LogP contribution in [-0.4, -0.2) is 30.2 Å². The Morgan fingerprint density at radius 3 is 2.65 bits per heavy atom. The van der Waals surface area contributed by atoms with Gasteiger partial charge in [-0.3, -0.25) is 4.79 Å². The van der Waals surface area contributed by atoms with Gasteiger partial charge in [-0.15, -0.1) is 0 Å². The molecule has 0 aliphatic rings. The third-order valence-electron chi connectivity index (χ3n) is 2.05. The Balaban J connectivity index is 2.62. The minimum Gasteiger partial charge on any atom is -0.483 e. The number of hydrogen-bond acceptors (Lipinski definition) is 3. The molecule has 0 bridgehead atoms. The van der Waals surface area contributed by atoms with Crippen LogP contribution in [0.2, 0.25) is 0 Å². The molecule has 0 saturated heterocycles. The lowest BCUT2D eigenvalue weighted by Gasteiger charge is -2.12. The summed E-state index contributed by atoms with van der Waals surface area (Å²) in [6, 6.07) is 4.73. The van der Waals surface area contributed by atoms with Crippen molar-refractivity contribution in [1.82, 2.24) is 5.32 Å². The van der Waals surface area contributed by atoms with Gasteiger partial charge in [0.2, 0.25) is 0 Å². The van der Waals surface area contributed by atoms with E-state index in [1.165, 1.54) is 6.07 Å². The molecule has 0 fully saturated rings. The fourth-order valence-corrected chi connectivity index (χ4v) is 1.73. The average Bonchev–Trinajstić information content (AvgIpc) is 2.33. The number of nitrogens with one attached hydrogen (secondary N) is 1. The van der Waals surface area contributed by atoms with Crippen molar-refractivity contribution >= 4 is 39.0 Å². The number of benzene rings is 1. The van der Waals surface area contributed by atoms with Gasteiger partial charge in [0, 0.05) is 4.47 Å². The largest absolute Gasteiger partial charge is 0.483 e. The maximum Gasteiger partial charge on any atom is 0.405 e. The Labute approximate surface area is 126 Å². The molecule has 0 aliphatic carbocycles. The van der Waals surface area contributed by atoms with Gasteiger partial charge in [-0.1, -0.05) is 28.1 Å². The Morgan fingerprint density at radius 1 is 1.45 bits per heavy atom. The molecule has 1 amide bonds. The van der Waals surface area contributed by atoms with E-state index >= 15 is 0 Å². The van der Waals surface area contributed by atoms with Crippen LogP contribution in [-0.2, 0) is 4.79 Å². The molecule has 0 aliphatic heterocycles. The van der Waals surface area contributed by atoms with Crippen LogP contribution in [0, 0.1) is 0 Å². The van der Waals surface area contributed by atoms with Crippen molar-refractivity contribution in [3.63, 3.8) is 0 Å². The molecule has 0 saturated carbocycles. The quantitative estimate of drug-likeness (QED) is 0.779. The number of hydrogen-bond donors (Lipinski definition) is 2. The normalized spacial score (nSPS) is 11.0. The van der Waals surface area contributed by atoms with Crippen LogP contribution in [0.3, 0.4) is 0 Å². The van der Waals surface area contributed by atoms with E-state index in [0.717, 1.165) is 0 Å². The van der Waals surface area contributed by atoms with Gasteiger partial charge in [0.1, 0.15) is 17.3 Å². The van der Waals surface area contributed by atoms with Crippen molar-refractivity contribution < 1.29 is 22.7 Å². The zero-order valence-corrected chi connectivity index (χ0v) is 12.4. The highest BCUT2D eigenvalue weighted by molar-refractivity contribution is 9.10. The molecule has 9 heteroatoms. The van der Waals surface area contributed by atoms with E-state index in [9.17, 15) is 18.0 Å². The van der Waals surface area contributed by atoms with Crippen molar-refractivity contribution in [3.05, 3.63) is 28.2 Å². The smallest absolute Gasteiger partial charge is 0.405 e. The summed E-state index contributed by atoms with van der Waals surface area (Å²) in [6.45, 7) is -1.97. The molecule has 110 valence electrons. The van der Waals surface area contributed by atoms with E-state index < -0.39 is 25.2 Å². The van der Waals surface area contributed by atoms with E-state index in [4.69, 9.17) is 22.7 Å². The number of ether oxygens (including phenoxy) is 1. The molecule has 0 radical (unpaired) electrons. The third-order valence-corrected chi connectivity index (χ3v) is 2.77. The lowest BCUT2D eigenvalue weighted by molar-refractivity contribution is -0.139. The summed E-state index contributed by atoms with van der Waals surface area (Å²) in [6.07, 6.45) is -4.46. The Kier molecular flexibility index (Phi) is 5.75. The van der Waals surface area contributed by atoms with Gasteiger partial charge >= 0.3 is 6.18 Å². The van der Waals surface area contributed by atoms with Crippen LogP contribution in [0.4, 0.5) is 13.2 Å². The number of halogens is 4. The molecule has 1 aromatic carbocycles. The second kappa shape index (κ2) is 6.89. The molecule has 0 spiro atoms. The predicted octanol–water partition coefficient (Wildman–Crippen LogP) is 2.14. The molecule has 0 unspecified atom stereocenters. The topological polar surface area (TPSA) is 64.3 Å². The number of carbonyl (C=O) groups is 1. The lowest BCUT2D eigenvalue weighted by atomic mass is 10.2. The van der Waals surface area contributed by atoms with Gasteiger partial charge in [-0.05, 0) is 18.2 Å². The van der Waals surface area contributed by atoms with Crippen LogP contribution >= 0.6 is 28.1 Å². The van der Waals surface area contributed by atoms with Gasteiger partial charge in [0.15, 0.2) is 6.61 Å². The Hall–Kier alpha value is -1.35. The van der Waals surface area contributed by atoms with Crippen molar-refractivity contribution in [2.45, 2.75) is 6.18 Å².